The SMILES string of the molecule is CCCCCCC/C=C\C/C=C\CCCCCCCCCCCCCCCCCCCCCCCCCCCCCC(=O)NC(COC1OC(CO)C(OC2OC(CO)C(OC3OC(CO)C(O)C(O)C3O)C(O)C2O)C(O)C1O)C(O)/C=C/CC/C=C/CCCCCCCCCCCCCCCCCCCCCCCCCCCC. The summed E-state index contributed by atoms with van der Waals surface area (Å²) < 4.78 is 34.6. The smallest absolute Gasteiger partial charge is 0.220 e. The third kappa shape index (κ3) is 53.7. The fourth-order valence-electron chi connectivity index (χ4n) is 16.6. The van der Waals surface area contributed by atoms with Gasteiger partial charge in [0.2, 0.25) is 5.91 Å². The number of carbonyl (C=O) groups excluding carboxylic acids is 1. The minimum absolute atomic E-state index is 0.240. The third-order valence-electron chi connectivity index (χ3n) is 24.3. The zero-order valence-electron chi connectivity index (χ0n) is 74.0. The minimum atomic E-state index is -1.98. The number of ether oxygens (including phenoxy) is 6. The van der Waals surface area contributed by atoms with E-state index < -0.39 is 124 Å². The number of allylic oxidation sites excluding steroid dienone is 7. The van der Waals surface area contributed by atoms with Gasteiger partial charge in [0.1, 0.15) is 73.2 Å². The van der Waals surface area contributed by atoms with Gasteiger partial charge in [-0.25, -0.2) is 0 Å². The molecule has 0 aliphatic carbocycles. The Morgan fingerprint density at radius 1 is 0.310 bits per heavy atom. The van der Waals surface area contributed by atoms with Gasteiger partial charge in [-0.3, -0.25) is 4.79 Å². The van der Waals surface area contributed by atoms with Gasteiger partial charge in [0, 0.05) is 6.42 Å². The van der Waals surface area contributed by atoms with Crippen LogP contribution in [0.2, 0.25) is 0 Å². The fourth-order valence-corrected chi connectivity index (χ4v) is 16.6. The van der Waals surface area contributed by atoms with Crippen molar-refractivity contribution in [2.24, 2.45) is 0 Å². The molecule has 19 heteroatoms. The van der Waals surface area contributed by atoms with E-state index in [1.54, 1.807) is 6.08 Å². The van der Waals surface area contributed by atoms with Crippen LogP contribution in [0.1, 0.15) is 431 Å². The molecule has 0 aromatic carbocycles. The normalized spacial score (nSPS) is 24.6. The fraction of sp³-hybridized carbons (Fsp3) is 0.907. The van der Waals surface area contributed by atoms with Crippen LogP contribution in [-0.4, -0.2) is 193 Å². The van der Waals surface area contributed by atoms with Crippen LogP contribution in [0.25, 0.3) is 0 Å². The molecule has 116 heavy (non-hydrogen) atoms. The monoisotopic (exact) mass is 1650 g/mol. The van der Waals surface area contributed by atoms with Crippen molar-refractivity contribution in [3.05, 3.63) is 48.6 Å². The van der Waals surface area contributed by atoms with E-state index in [1.165, 1.54) is 353 Å². The molecule has 3 saturated heterocycles. The van der Waals surface area contributed by atoms with Crippen LogP contribution in [0.5, 0.6) is 0 Å². The topological polar surface area (TPSA) is 307 Å². The highest BCUT2D eigenvalue weighted by molar-refractivity contribution is 5.76. The first-order valence-corrected chi connectivity index (χ1v) is 48.9. The Kier molecular flexibility index (Phi) is 71.1. The largest absolute Gasteiger partial charge is 0.394 e. The molecule has 0 spiro atoms. The molecule has 1 amide bonds. The van der Waals surface area contributed by atoms with E-state index in [0.717, 1.165) is 44.9 Å². The summed E-state index contributed by atoms with van der Waals surface area (Å²) in [7, 11) is 0. The molecule has 3 aliphatic heterocycles. The van der Waals surface area contributed by atoms with Crippen LogP contribution >= 0.6 is 0 Å². The highest BCUT2D eigenvalue weighted by Crippen LogP contribution is 2.34. The van der Waals surface area contributed by atoms with Crippen molar-refractivity contribution in [2.45, 2.75) is 535 Å². The molecule has 3 rings (SSSR count). The van der Waals surface area contributed by atoms with E-state index >= 15 is 0 Å². The van der Waals surface area contributed by atoms with Gasteiger partial charge < -0.3 is 89.9 Å². The summed E-state index contributed by atoms with van der Waals surface area (Å²) in [6, 6.07) is -0.992. The Morgan fingerprint density at radius 2 is 0.578 bits per heavy atom. The van der Waals surface area contributed by atoms with Crippen molar-refractivity contribution in [1.29, 1.82) is 0 Å². The lowest BCUT2D eigenvalue weighted by Crippen LogP contribution is -2.66. The summed E-state index contributed by atoms with van der Waals surface area (Å²) in [6.07, 6.45) is 74.4. The van der Waals surface area contributed by atoms with Crippen molar-refractivity contribution in [3.63, 3.8) is 0 Å². The molecule has 17 atom stereocenters. The summed E-state index contributed by atoms with van der Waals surface area (Å²) in [4.78, 5) is 13.5. The van der Waals surface area contributed by atoms with E-state index in [1.807, 2.05) is 6.08 Å². The number of nitrogens with one attached hydrogen (secondary N) is 1. The van der Waals surface area contributed by atoms with Gasteiger partial charge in [0.05, 0.1) is 38.6 Å². The van der Waals surface area contributed by atoms with Gasteiger partial charge in [-0.1, -0.05) is 409 Å². The third-order valence-corrected chi connectivity index (χ3v) is 24.3. The Balaban J connectivity index is 1.30. The summed E-state index contributed by atoms with van der Waals surface area (Å²) in [5, 5.41) is 121. The first-order valence-electron chi connectivity index (χ1n) is 48.9. The lowest BCUT2D eigenvalue weighted by molar-refractivity contribution is -0.379. The predicted molar refractivity (Wildman–Crippen MR) is 471 cm³/mol. The van der Waals surface area contributed by atoms with Gasteiger partial charge in [0.25, 0.3) is 0 Å². The maximum absolute atomic E-state index is 13.5. The van der Waals surface area contributed by atoms with Gasteiger partial charge in [-0.05, 0) is 64.2 Å². The van der Waals surface area contributed by atoms with Gasteiger partial charge in [0.15, 0.2) is 18.9 Å². The molecule has 0 saturated carbocycles. The van der Waals surface area contributed by atoms with Gasteiger partial charge in [-0.15, -0.1) is 0 Å². The molecule has 17 unspecified atom stereocenters. The van der Waals surface area contributed by atoms with Crippen molar-refractivity contribution >= 4 is 5.91 Å². The van der Waals surface area contributed by atoms with Crippen molar-refractivity contribution in [3.8, 4) is 0 Å². The summed E-state index contributed by atoms with van der Waals surface area (Å²) >= 11 is 0. The molecular weight excluding hydrogens is 1470 g/mol. The van der Waals surface area contributed by atoms with Crippen LogP contribution in [-0.2, 0) is 33.2 Å². The van der Waals surface area contributed by atoms with Gasteiger partial charge in [-0.2, -0.15) is 0 Å². The lowest BCUT2D eigenvalue weighted by Gasteiger charge is -2.48. The van der Waals surface area contributed by atoms with Crippen LogP contribution < -0.4 is 5.32 Å². The molecule has 3 aliphatic rings. The quantitative estimate of drug-likeness (QED) is 0.0199. The molecule has 0 aromatic heterocycles. The van der Waals surface area contributed by atoms with Crippen LogP contribution in [0, 0.1) is 0 Å². The number of unbranched alkanes of at least 4 members (excludes halogenated alkanes) is 59. The van der Waals surface area contributed by atoms with E-state index in [0.29, 0.717) is 12.8 Å². The Morgan fingerprint density at radius 3 is 0.914 bits per heavy atom. The number of amides is 1. The van der Waals surface area contributed by atoms with E-state index in [-0.39, 0.29) is 18.9 Å². The molecule has 12 N–H and O–H groups in total. The highest BCUT2D eigenvalue weighted by atomic mass is 16.8. The number of carbonyl (C=O) groups is 1. The predicted octanol–water partition coefficient (Wildman–Crippen LogP) is 19.9. The Hall–Kier alpha value is -2.25. The number of hydrogen-bond donors (Lipinski definition) is 12. The van der Waals surface area contributed by atoms with Crippen LogP contribution in [0.3, 0.4) is 0 Å². The average Bonchev–Trinajstić information content (AvgIpc) is 0.779. The summed E-state index contributed by atoms with van der Waals surface area (Å²) in [5.74, 6) is -0.276. The lowest BCUT2D eigenvalue weighted by atomic mass is 9.96. The second kappa shape index (κ2) is 76.4. The summed E-state index contributed by atoms with van der Waals surface area (Å²) in [5.41, 5.74) is 0. The molecule has 0 aromatic rings. The molecule has 19 nitrogen and oxygen atoms in total. The molecule has 0 radical (unpaired) electrons. The van der Waals surface area contributed by atoms with Crippen molar-refractivity contribution < 1.29 is 89.4 Å². The second-order valence-corrected chi connectivity index (χ2v) is 34.9. The molecule has 0 bridgehead atoms. The molecule has 3 fully saturated rings. The number of hydrogen-bond acceptors (Lipinski definition) is 18. The Labute approximate surface area is 707 Å². The van der Waals surface area contributed by atoms with E-state index in [9.17, 15) is 61.0 Å². The number of aliphatic hydroxyl groups excluding tert-OH is 11. The number of aliphatic hydroxyl groups is 11. The molecule has 3 heterocycles. The van der Waals surface area contributed by atoms with Crippen LogP contribution in [0.4, 0.5) is 0 Å². The Bertz CT molecular complexity index is 2280. The first kappa shape index (κ1) is 108. The standard InChI is InChI=1S/C97H181NO18/c1-3-5-7-9-11-13-15-17-19-21-23-25-27-29-31-33-35-37-38-39-40-41-42-43-45-47-49-51-53-55-57-59-61-63-65-67-69-71-73-75-85(103)98-80(81(102)74-72-70-68-66-64-62-60-58-56-54-52-50-48-46-44-36-34-32-30-28-26-24-22-20-18-16-14-12-10-8-6-4-2)79-111-95-91(109)88(106)93(83(77-100)113-95)116-97-92(110)89(107)94(84(78-101)114-97)115-96-90(108)87(105)86(104)82(76-99)112-96/h15,17,21,23,64,66,72,74,80-84,86-97,99-102,104-110H,3-14,16,18-20,22,24-63,65,67-71,73,75-79H2,1-2H3,(H,98,103)/b17-15-,23-21-,66-64+,74-72+. The van der Waals surface area contributed by atoms with Crippen molar-refractivity contribution in [1.82, 2.24) is 5.32 Å². The van der Waals surface area contributed by atoms with E-state index in [4.69, 9.17) is 28.4 Å². The average molecular weight is 1650 g/mol. The first-order chi connectivity index (χ1) is 56.8. The summed E-state index contributed by atoms with van der Waals surface area (Å²) in [6.45, 7) is 1.78. The maximum Gasteiger partial charge on any atom is 0.220 e. The zero-order valence-corrected chi connectivity index (χ0v) is 74.0. The highest BCUT2D eigenvalue weighted by Gasteiger charge is 2.54. The second-order valence-electron chi connectivity index (χ2n) is 34.9. The molecule has 682 valence electrons. The maximum atomic E-state index is 13.5. The molecular formula is C97H181NO18. The van der Waals surface area contributed by atoms with Crippen LogP contribution in [0.15, 0.2) is 48.6 Å². The number of rotatable bonds is 81. The van der Waals surface area contributed by atoms with Gasteiger partial charge >= 0.3 is 0 Å². The van der Waals surface area contributed by atoms with Crippen molar-refractivity contribution in [2.75, 3.05) is 26.4 Å². The zero-order chi connectivity index (χ0) is 83.8. The van der Waals surface area contributed by atoms with E-state index in [2.05, 4.69) is 55.6 Å². The minimum Gasteiger partial charge on any atom is -0.394 e.